The molecule has 0 spiro atoms. The maximum atomic E-state index is 9.79. The number of aromatic hydroxyl groups is 2. The number of phenols is 2. The Bertz CT molecular complexity index is 1640. The molecule has 4 aromatic rings. The topological polar surface area (TPSA) is 206 Å². The number of nitrogens with zero attached hydrogens (tertiary/aromatic N) is 3. The van der Waals surface area contributed by atoms with E-state index in [0.29, 0.717) is 23.3 Å². The molecule has 0 unspecified atom stereocenters. The Morgan fingerprint density at radius 1 is 0.587 bits per heavy atom. The molecule has 0 aliphatic heterocycles. The number of benzene rings is 4. The van der Waals surface area contributed by atoms with E-state index < -0.39 is 21.2 Å². The minimum absolute atomic E-state index is 0.159. The molecule has 4 rings (SSSR count). The van der Waals surface area contributed by atoms with Crippen molar-refractivity contribution in [3.05, 3.63) is 114 Å². The molecule has 246 valence electrons. The summed E-state index contributed by atoms with van der Waals surface area (Å²) in [4.78, 5) is 0. The van der Waals surface area contributed by atoms with Gasteiger partial charge in [0.15, 0.2) is 0 Å². The summed E-state index contributed by atoms with van der Waals surface area (Å²) in [7, 11) is -6.22. The Labute approximate surface area is 272 Å². The SMILES string of the molecule is CC(C)Cc1ccc(O)c(N=Nc2ccccc2)c1.CC(C)Cc1ccc(O)cc1.O=S(=O)=O.O=S(=O)=O.[NH2+]=Nc1ccccc1. The minimum Gasteiger partial charge on any atom is -0.508 e. The zero-order valence-corrected chi connectivity index (χ0v) is 27.6. The molecule has 0 atom stereocenters. The van der Waals surface area contributed by atoms with Gasteiger partial charge in [-0.2, -0.15) is 10.6 Å². The fraction of sp³-hybridized carbons (Fsp3) is 0.250. The first-order valence-electron chi connectivity index (χ1n) is 13.8. The van der Waals surface area contributed by atoms with Crippen LogP contribution in [0.4, 0.5) is 17.1 Å². The summed E-state index contributed by atoms with van der Waals surface area (Å²) < 4.78 is 50.7. The van der Waals surface area contributed by atoms with E-state index in [9.17, 15) is 5.11 Å². The molecule has 0 aromatic heterocycles. The van der Waals surface area contributed by atoms with Crippen molar-refractivity contribution in [2.45, 2.75) is 40.5 Å². The van der Waals surface area contributed by atoms with Crippen LogP contribution in [0.1, 0.15) is 38.8 Å². The zero-order valence-electron chi connectivity index (χ0n) is 26.0. The van der Waals surface area contributed by atoms with Crippen LogP contribution in [0.15, 0.2) is 118 Å². The standard InChI is InChI=1S/C16H18N2O.C10H14O.C6H6N2.2O3S/c1-12(2)10-13-8-9-16(19)15(11-13)18-17-14-6-4-3-5-7-14;1-8(2)7-9-3-5-10(11)6-4-9;7-8-6-4-2-1-3-5-6;2*1-4(2)3/h3-9,11-12,19H,10H2,1-2H3;3-6,8,11H,7H2,1-2H3;1-5,7H;;/p+1. The monoisotopic (exact) mass is 671 g/mol. The lowest BCUT2D eigenvalue weighted by Gasteiger charge is -2.06. The average molecular weight is 672 g/mol. The number of hydrogen-bond acceptors (Lipinski definition) is 11. The molecule has 4 N–H and O–H groups in total. The van der Waals surface area contributed by atoms with Crippen LogP contribution >= 0.6 is 0 Å². The van der Waals surface area contributed by atoms with Gasteiger partial charge in [0.2, 0.25) is 0 Å². The van der Waals surface area contributed by atoms with Crippen molar-refractivity contribution in [2.24, 2.45) is 27.2 Å². The highest BCUT2D eigenvalue weighted by Gasteiger charge is 2.04. The largest absolute Gasteiger partial charge is 0.508 e. The van der Waals surface area contributed by atoms with E-state index in [1.807, 2.05) is 84.9 Å². The third-order valence-electron chi connectivity index (χ3n) is 5.20. The normalized spacial score (nSPS) is 9.70. The van der Waals surface area contributed by atoms with Gasteiger partial charge >= 0.3 is 21.2 Å². The molecule has 0 amide bonds. The molecule has 0 saturated carbocycles. The van der Waals surface area contributed by atoms with Crippen LogP contribution in [0.25, 0.3) is 0 Å². The van der Waals surface area contributed by atoms with Crippen LogP contribution in [0, 0.1) is 11.8 Å². The number of phenolic OH excluding ortho intramolecular Hbond substituents is 2. The molecule has 0 aliphatic carbocycles. The molecular formula is C32H39N4O8S2+. The minimum atomic E-state index is -3.11. The summed E-state index contributed by atoms with van der Waals surface area (Å²) in [6.45, 7) is 8.70. The highest BCUT2D eigenvalue weighted by atomic mass is 32.2. The first-order valence-corrected chi connectivity index (χ1v) is 15.8. The predicted molar refractivity (Wildman–Crippen MR) is 174 cm³/mol. The molecule has 0 fully saturated rings. The maximum absolute atomic E-state index is 9.79. The molecule has 46 heavy (non-hydrogen) atoms. The molecule has 0 heterocycles. The third-order valence-corrected chi connectivity index (χ3v) is 5.20. The van der Waals surface area contributed by atoms with Crippen molar-refractivity contribution in [2.75, 3.05) is 0 Å². The molecule has 14 heteroatoms. The summed E-state index contributed by atoms with van der Waals surface area (Å²) in [5.41, 5.74) is 9.53. The molecule has 0 radical (unpaired) electrons. The molecule has 0 saturated heterocycles. The smallest absolute Gasteiger partial charge is 0.425 e. The van der Waals surface area contributed by atoms with Crippen molar-refractivity contribution in [1.82, 2.24) is 0 Å². The summed E-state index contributed by atoms with van der Waals surface area (Å²) >= 11 is 0. The highest BCUT2D eigenvalue weighted by Crippen LogP contribution is 2.29. The van der Waals surface area contributed by atoms with E-state index in [1.165, 1.54) is 5.56 Å². The Morgan fingerprint density at radius 2 is 1.00 bits per heavy atom. The molecular weight excluding hydrogens is 633 g/mol. The van der Waals surface area contributed by atoms with Crippen molar-refractivity contribution in [3.63, 3.8) is 0 Å². The Balaban J connectivity index is 0.000000634. The number of azo groups is 1. The summed E-state index contributed by atoms with van der Waals surface area (Å²) in [6.07, 6.45) is 2.05. The number of rotatable bonds is 7. The van der Waals surface area contributed by atoms with Crippen LogP contribution < -0.4 is 5.53 Å². The second-order valence-corrected chi connectivity index (χ2v) is 10.9. The summed E-state index contributed by atoms with van der Waals surface area (Å²) in [5.74, 6) is 1.76. The lowest BCUT2D eigenvalue weighted by atomic mass is 10.0. The zero-order chi connectivity index (χ0) is 34.9. The molecule has 0 aliphatic rings. The van der Waals surface area contributed by atoms with Crippen molar-refractivity contribution >= 4 is 38.3 Å². The third kappa shape index (κ3) is 23.4. The summed E-state index contributed by atoms with van der Waals surface area (Å²) in [6, 6.07) is 31.8. The Hall–Kier alpha value is -5.08. The summed E-state index contributed by atoms with van der Waals surface area (Å²) in [5, 5.41) is 30.5. The molecule has 12 nitrogen and oxygen atoms in total. The van der Waals surface area contributed by atoms with Crippen LogP contribution in [0.5, 0.6) is 11.5 Å². The molecule has 4 aromatic carbocycles. The van der Waals surface area contributed by atoms with Gasteiger partial charge < -0.3 is 10.2 Å². The van der Waals surface area contributed by atoms with Crippen molar-refractivity contribution in [3.8, 4) is 11.5 Å². The van der Waals surface area contributed by atoms with Crippen molar-refractivity contribution < 1.29 is 41.0 Å². The van der Waals surface area contributed by atoms with Gasteiger partial charge in [0.05, 0.1) is 5.69 Å². The van der Waals surface area contributed by atoms with E-state index in [4.69, 9.17) is 35.9 Å². The van der Waals surface area contributed by atoms with E-state index in [0.717, 1.165) is 29.8 Å². The van der Waals surface area contributed by atoms with Crippen LogP contribution in [-0.4, -0.2) is 35.5 Å². The lowest BCUT2D eigenvalue weighted by Crippen LogP contribution is -2.21. The van der Waals surface area contributed by atoms with Gasteiger partial charge in [-0.05, 0) is 89.4 Å². The van der Waals surface area contributed by atoms with Crippen LogP contribution in [0.2, 0.25) is 0 Å². The van der Waals surface area contributed by atoms with Gasteiger partial charge in [0.25, 0.3) is 0 Å². The van der Waals surface area contributed by atoms with E-state index in [1.54, 1.807) is 18.2 Å². The number of nitrogens with two attached hydrogens (primary N) is 1. The first kappa shape index (κ1) is 40.9. The Morgan fingerprint density at radius 3 is 1.41 bits per heavy atom. The van der Waals surface area contributed by atoms with E-state index >= 15 is 0 Å². The first-order chi connectivity index (χ1) is 21.7. The van der Waals surface area contributed by atoms with Gasteiger partial charge in [-0.15, -0.1) is 30.4 Å². The predicted octanol–water partition coefficient (Wildman–Crippen LogP) is 6.12. The van der Waals surface area contributed by atoms with Gasteiger partial charge in [0, 0.05) is 0 Å². The maximum Gasteiger partial charge on any atom is 0.425 e. The fourth-order valence-electron chi connectivity index (χ4n) is 3.47. The van der Waals surface area contributed by atoms with Gasteiger partial charge in [0.1, 0.15) is 22.9 Å². The van der Waals surface area contributed by atoms with Gasteiger partial charge in [-0.3, -0.25) is 0 Å². The van der Waals surface area contributed by atoms with Gasteiger partial charge in [-0.25, -0.2) is 0 Å². The van der Waals surface area contributed by atoms with E-state index in [2.05, 4.69) is 43.0 Å². The van der Waals surface area contributed by atoms with Crippen LogP contribution in [-0.2, 0) is 34.1 Å². The second kappa shape index (κ2) is 24.3. The van der Waals surface area contributed by atoms with Crippen LogP contribution in [0.3, 0.4) is 0 Å². The quantitative estimate of drug-likeness (QED) is 0.195. The number of hydrogen-bond donors (Lipinski definition) is 3. The highest BCUT2D eigenvalue weighted by molar-refractivity contribution is 7.59. The fourth-order valence-corrected chi connectivity index (χ4v) is 3.47. The molecule has 0 bridgehead atoms. The van der Waals surface area contributed by atoms with Gasteiger partial charge in [-0.1, -0.05) is 82.3 Å². The van der Waals surface area contributed by atoms with Crippen molar-refractivity contribution in [1.29, 1.82) is 0 Å². The van der Waals surface area contributed by atoms with E-state index in [-0.39, 0.29) is 5.75 Å². The Kier molecular flexibility index (Phi) is 21.6. The average Bonchev–Trinajstić information content (AvgIpc) is 2.99. The second-order valence-electron chi connectivity index (χ2n) is 10.1. The lowest BCUT2D eigenvalue weighted by molar-refractivity contribution is -0.210.